The van der Waals surface area contributed by atoms with Gasteiger partial charge in [0.25, 0.3) is 5.56 Å². The molecule has 0 amide bonds. The van der Waals surface area contributed by atoms with Crippen LogP contribution < -0.4 is 10.5 Å². The zero-order valence-electron chi connectivity index (χ0n) is 16.5. The molecule has 0 spiro atoms. The lowest BCUT2D eigenvalue weighted by atomic mass is 9.89. The van der Waals surface area contributed by atoms with Crippen LogP contribution in [0.5, 0.6) is 0 Å². The average molecular weight is 421 g/mol. The normalized spacial score (nSPS) is 15.1. The van der Waals surface area contributed by atoms with Crippen molar-refractivity contribution in [1.29, 1.82) is 0 Å². The van der Waals surface area contributed by atoms with Gasteiger partial charge in [-0.3, -0.25) is 9.36 Å². The molecule has 0 unspecified atom stereocenters. The van der Waals surface area contributed by atoms with Gasteiger partial charge in [-0.1, -0.05) is 41.9 Å². The predicted octanol–water partition coefficient (Wildman–Crippen LogP) is 3.76. The second-order valence-electron chi connectivity index (χ2n) is 7.64. The molecule has 0 radical (unpaired) electrons. The molecular weight excluding hydrogens is 400 g/mol. The SMILES string of the molecule is Cn1c(-c2n[nH]c(=O)c3ccccc23)nnc1N1CCC(c2ccc(Cl)cc2)CC1. The molecule has 0 aliphatic carbocycles. The smallest absolute Gasteiger partial charge is 0.272 e. The summed E-state index contributed by atoms with van der Waals surface area (Å²) in [5.74, 6) is 1.98. The first-order valence-electron chi connectivity index (χ1n) is 9.99. The molecule has 8 heteroatoms. The van der Waals surface area contributed by atoms with Gasteiger partial charge in [0.2, 0.25) is 5.95 Å². The summed E-state index contributed by atoms with van der Waals surface area (Å²) in [5.41, 5.74) is 1.75. The zero-order chi connectivity index (χ0) is 20.7. The summed E-state index contributed by atoms with van der Waals surface area (Å²) in [5, 5.41) is 17.8. The highest BCUT2D eigenvalue weighted by Crippen LogP contribution is 2.32. The maximum Gasteiger partial charge on any atom is 0.272 e. The number of nitrogens with one attached hydrogen (secondary N) is 1. The highest BCUT2D eigenvalue weighted by Gasteiger charge is 2.25. The number of anilines is 1. The molecule has 30 heavy (non-hydrogen) atoms. The van der Waals surface area contributed by atoms with Gasteiger partial charge in [0.1, 0.15) is 5.69 Å². The first-order chi connectivity index (χ1) is 14.6. The topological polar surface area (TPSA) is 79.7 Å². The van der Waals surface area contributed by atoms with E-state index in [-0.39, 0.29) is 5.56 Å². The molecule has 152 valence electrons. The largest absolute Gasteiger partial charge is 0.341 e. The van der Waals surface area contributed by atoms with Crippen molar-refractivity contribution >= 4 is 28.3 Å². The Bertz CT molecular complexity index is 1250. The van der Waals surface area contributed by atoms with E-state index in [2.05, 4.69) is 37.4 Å². The Hall–Kier alpha value is -3.19. The molecule has 2 aromatic carbocycles. The molecule has 1 fully saturated rings. The number of aromatic nitrogens is 5. The number of H-pyrrole nitrogens is 1. The van der Waals surface area contributed by atoms with E-state index in [0.29, 0.717) is 22.8 Å². The van der Waals surface area contributed by atoms with Gasteiger partial charge in [-0.25, -0.2) is 5.10 Å². The molecular formula is C22H21ClN6O. The molecule has 5 rings (SSSR count). The van der Waals surface area contributed by atoms with Gasteiger partial charge in [0.05, 0.1) is 5.39 Å². The van der Waals surface area contributed by atoms with Gasteiger partial charge in [-0.2, -0.15) is 5.10 Å². The minimum atomic E-state index is -0.207. The monoisotopic (exact) mass is 420 g/mol. The number of hydrogen-bond acceptors (Lipinski definition) is 5. The zero-order valence-corrected chi connectivity index (χ0v) is 17.3. The molecule has 2 aromatic heterocycles. The first-order valence-corrected chi connectivity index (χ1v) is 10.4. The Balaban J connectivity index is 1.41. The lowest BCUT2D eigenvalue weighted by Gasteiger charge is -2.32. The van der Waals surface area contributed by atoms with Crippen LogP contribution in [0.2, 0.25) is 5.02 Å². The van der Waals surface area contributed by atoms with Crippen molar-refractivity contribution in [3.8, 4) is 11.5 Å². The molecule has 0 saturated carbocycles. The van der Waals surface area contributed by atoms with E-state index in [1.165, 1.54) is 5.56 Å². The Morgan fingerprint density at radius 2 is 1.70 bits per heavy atom. The molecule has 0 bridgehead atoms. The lowest BCUT2D eigenvalue weighted by Crippen LogP contribution is -2.34. The number of hydrogen-bond donors (Lipinski definition) is 1. The summed E-state index contributed by atoms with van der Waals surface area (Å²) in [6, 6.07) is 15.6. The van der Waals surface area contributed by atoms with E-state index in [1.54, 1.807) is 6.07 Å². The van der Waals surface area contributed by atoms with E-state index in [1.807, 2.05) is 41.9 Å². The Morgan fingerprint density at radius 1 is 1.00 bits per heavy atom. The fourth-order valence-corrected chi connectivity index (χ4v) is 4.36. The third-order valence-corrected chi connectivity index (χ3v) is 6.13. The van der Waals surface area contributed by atoms with E-state index >= 15 is 0 Å². The Kier molecular flexibility index (Phi) is 4.75. The van der Waals surface area contributed by atoms with Crippen LogP contribution in [-0.2, 0) is 7.05 Å². The number of nitrogens with zero attached hydrogens (tertiary/aromatic N) is 5. The minimum Gasteiger partial charge on any atom is -0.341 e. The van der Waals surface area contributed by atoms with Gasteiger partial charge in [-0.05, 0) is 42.5 Å². The van der Waals surface area contributed by atoms with E-state index in [9.17, 15) is 4.79 Å². The average Bonchev–Trinajstić information content (AvgIpc) is 3.16. The molecule has 3 heterocycles. The van der Waals surface area contributed by atoms with E-state index in [0.717, 1.165) is 42.3 Å². The van der Waals surface area contributed by atoms with E-state index < -0.39 is 0 Å². The van der Waals surface area contributed by atoms with E-state index in [4.69, 9.17) is 11.6 Å². The predicted molar refractivity (Wildman–Crippen MR) is 118 cm³/mol. The van der Waals surface area contributed by atoms with Crippen LogP contribution in [0.4, 0.5) is 5.95 Å². The Labute approximate surface area is 178 Å². The molecule has 4 aromatic rings. The number of fused-ring (bicyclic) bond motifs is 1. The van der Waals surface area contributed by atoms with Crippen molar-refractivity contribution in [2.75, 3.05) is 18.0 Å². The van der Waals surface area contributed by atoms with Gasteiger partial charge in [-0.15, -0.1) is 10.2 Å². The summed E-state index contributed by atoms with van der Waals surface area (Å²) in [6.07, 6.45) is 2.09. The van der Waals surface area contributed by atoms with Crippen LogP contribution >= 0.6 is 11.6 Å². The summed E-state index contributed by atoms with van der Waals surface area (Å²) >= 11 is 6.02. The second kappa shape index (κ2) is 7.57. The van der Waals surface area contributed by atoms with Crippen molar-refractivity contribution in [2.24, 2.45) is 7.05 Å². The highest BCUT2D eigenvalue weighted by molar-refractivity contribution is 6.30. The molecule has 1 N–H and O–H groups in total. The van der Waals surface area contributed by atoms with Crippen molar-refractivity contribution in [1.82, 2.24) is 25.0 Å². The number of piperidine rings is 1. The van der Waals surface area contributed by atoms with Crippen LogP contribution in [-0.4, -0.2) is 38.1 Å². The summed E-state index contributed by atoms with van der Waals surface area (Å²) < 4.78 is 1.95. The summed E-state index contributed by atoms with van der Waals surface area (Å²) in [6.45, 7) is 1.80. The summed E-state index contributed by atoms with van der Waals surface area (Å²) in [7, 11) is 1.94. The van der Waals surface area contributed by atoms with Gasteiger partial charge < -0.3 is 4.90 Å². The van der Waals surface area contributed by atoms with Crippen LogP contribution in [0.15, 0.2) is 53.3 Å². The van der Waals surface area contributed by atoms with Gasteiger partial charge >= 0.3 is 0 Å². The number of aromatic amines is 1. The number of rotatable bonds is 3. The number of halogens is 1. The molecule has 1 aliphatic heterocycles. The third kappa shape index (κ3) is 3.25. The molecule has 1 saturated heterocycles. The fourth-order valence-electron chi connectivity index (χ4n) is 4.24. The lowest BCUT2D eigenvalue weighted by molar-refractivity contribution is 0.496. The van der Waals surface area contributed by atoms with Crippen LogP contribution in [0.25, 0.3) is 22.3 Å². The summed E-state index contributed by atoms with van der Waals surface area (Å²) in [4.78, 5) is 14.4. The Morgan fingerprint density at radius 3 is 2.43 bits per heavy atom. The first kappa shape index (κ1) is 18.8. The fraction of sp³-hybridized carbons (Fsp3) is 0.273. The second-order valence-corrected chi connectivity index (χ2v) is 8.08. The van der Waals surface area contributed by atoms with Gasteiger partial charge in [0.15, 0.2) is 5.82 Å². The quantitative estimate of drug-likeness (QED) is 0.546. The van der Waals surface area contributed by atoms with Crippen LogP contribution in [0.1, 0.15) is 24.3 Å². The van der Waals surface area contributed by atoms with Crippen LogP contribution in [0, 0.1) is 0 Å². The van der Waals surface area contributed by atoms with Crippen LogP contribution in [0.3, 0.4) is 0 Å². The van der Waals surface area contributed by atoms with Crippen molar-refractivity contribution in [3.63, 3.8) is 0 Å². The third-order valence-electron chi connectivity index (χ3n) is 5.88. The highest BCUT2D eigenvalue weighted by atomic mass is 35.5. The minimum absolute atomic E-state index is 0.207. The number of benzene rings is 2. The maximum absolute atomic E-state index is 12.1. The van der Waals surface area contributed by atoms with Gasteiger partial charge in [0, 0.05) is 30.5 Å². The van der Waals surface area contributed by atoms with Crippen molar-refractivity contribution < 1.29 is 0 Å². The van der Waals surface area contributed by atoms with Crippen molar-refractivity contribution in [3.05, 3.63) is 69.5 Å². The standard InChI is InChI=1S/C22H21ClN6O/c1-28-20(19-17-4-2-3-5-18(17)21(30)26-24-19)25-27-22(28)29-12-10-15(11-13-29)14-6-8-16(23)9-7-14/h2-9,15H,10-13H2,1H3,(H,26,30). The maximum atomic E-state index is 12.1. The van der Waals surface area contributed by atoms with Crippen molar-refractivity contribution in [2.45, 2.75) is 18.8 Å². The molecule has 1 aliphatic rings. The molecule has 7 nitrogen and oxygen atoms in total. The molecule has 0 atom stereocenters.